The van der Waals surface area contributed by atoms with Crippen LogP contribution in [0.2, 0.25) is 0 Å². The molecule has 1 aromatic rings. The predicted octanol–water partition coefficient (Wildman–Crippen LogP) is 3.37. The summed E-state index contributed by atoms with van der Waals surface area (Å²) in [4.78, 5) is 0. The number of alkyl halides is 1. The molecule has 0 bridgehead atoms. The molecule has 2 N–H and O–H groups in total. The van der Waals surface area contributed by atoms with Crippen LogP contribution in [0.5, 0.6) is 0 Å². The number of hydrogen-bond acceptors (Lipinski definition) is 1. The largest absolute Gasteiger partial charge is 0.324 e. The summed E-state index contributed by atoms with van der Waals surface area (Å²) in [6.07, 6.45) is 0.210. The number of halogens is 4. The van der Waals surface area contributed by atoms with Crippen LogP contribution in [0, 0.1) is 5.82 Å². The van der Waals surface area contributed by atoms with Gasteiger partial charge < -0.3 is 5.73 Å². The Kier molecular flexibility index (Phi) is 6.24. The summed E-state index contributed by atoms with van der Waals surface area (Å²) in [6, 6.07) is 3.78. The van der Waals surface area contributed by atoms with Crippen LogP contribution in [-0.2, 0) is 0 Å². The first-order valence-electron chi connectivity index (χ1n) is 3.91. The summed E-state index contributed by atoms with van der Waals surface area (Å²) in [7, 11) is 0. The third-order valence-electron chi connectivity index (χ3n) is 1.78. The van der Waals surface area contributed by atoms with E-state index in [4.69, 9.17) is 5.73 Å². The lowest BCUT2D eigenvalue weighted by molar-refractivity contribution is 0.440. The summed E-state index contributed by atoms with van der Waals surface area (Å²) in [5.41, 5.74) is 6.25. The quantitative estimate of drug-likeness (QED) is 0.906. The average Bonchev–Trinajstić information content (AvgIpc) is 2.09. The summed E-state index contributed by atoms with van der Waals surface area (Å²) < 4.78 is 25.5. The van der Waals surface area contributed by atoms with Crippen LogP contribution < -0.4 is 5.73 Å². The van der Waals surface area contributed by atoms with Crippen LogP contribution in [0.3, 0.4) is 0 Å². The lowest BCUT2D eigenvalue weighted by Crippen LogP contribution is -2.11. The molecule has 1 atom stereocenters. The monoisotopic (exact) mass is 285 g/mol. The van der Waals surface area contributed by atoms with Gasteiger partial charge in [-0.15, -0.1) is 12.4 Å². The van der Waals surface area contributed by atoms with Gasteiger partial charge in [-0.2, -0.15) is 0 Å². The maximum atomic E-state index is 12.8. The molecule has 0 unspecified atom stereocenters. The summed E-state index contributed by atoms with van der Waals surface area (Å²) in [5.74, 6) is -0.354. The van der Waals surface area contributed by atoms with Gasteiger partial charge in [0.2, 0.25) is 0 Å². The Morgan fingerprint density at radius 2 is 2.07 bits per heavy atom. The summed E-state index contributed by atoms with van der Waals surface area (Å²) in [6.45, 7) is -0.496. The molecule has 0 aliphatic rings. The molecule has 0 fully saturated rings. The fraction of sp³-hybridized carbons (Fsp3) is 0.333. The van der Waals surface area contributed by atoms with E-state index in [0.717, 1.165) is 4.47 Å². The van der Waals surface area contributed by atoms with E-state index in [2.05, 4.69) is 15.9 Å². The fourth-order valence-electron chi connectivity index (χ4n) is 1.07. The first kappa shape index (κ1) is 13.8. The second-order valence-electron chi connectivity index (χ2n) is 2.75. The van der Waals surface area contributed by atoms with E-state index in [-0.39, 0.29) is 24.6 Å². The van der Waals surface area contributed by atoms with Crippen LogP contribution in [-0.4, -0.2) is 6.67 Å². The Morgan fingerprint density at radius 3 is 2.64 bits per heavy atom. The average molecular weight is 287 g/mol. The minimum atomic E-state index is -0.496. The van der Waals surface area contributed by atoms with E-state index >= 15 is 0 Å². The maximum absolute atomic E-state index is 12.8. The Bertz CT molecular complexity index is 296. The fourth-order valence-corrected chi connectivity index (χ4v) is 1.61. The molecular formula is C9H11BrClF2N. The Balaban J connectivity index is 0.00000169. The van der Waals surface area contributed by atoms with Crippen molar-refractivity contribution >= 4 is 28.3 Å². The second-order valence-corrected chi connectivity index (χ2v) is 3.60. The summed E-state index contributed by atoms with van der Waals surface area (Å²) >= 11 is 3.23. The van der Waals surface area contributed by atoms with Crippen molar-refractivity contribution in [2.24, 2.45) is 5.73 Å². The highest BCUT2D eigenvalue weighted by molar-refractivity contribution is 9.10. The van der Waals surface area contributed by atoms with E-state index in [0.29, 0.717) is 5.56 Å². The van der Waals surface area contributed by atoms with Gasteiger partial charge in [-0.3, -0.25) is 4.39 Å². The lowest BCUT2D eigenvalue weighted by Gasteiger charge is -2.11. The smallest absolute Gasteiger partial charge is 0.123 e. The van der Waals surface area contributed by atoms with Gasteiger partial charge in [0.05, 0.1) is 6.67 Å². The first-order valence-corrected chi connectivity index (χ1v) is 4.71. The zero-order valence-corrected chi connectivity index (χ0v) is 9.75. The van der Waals surface area contributed by atoms with Gasteiger partial charge in [-0.25, -0.2) is 4.39 Å². The molecule has 1 aromatic carbocycles. The molecule has 0 saturated heterocycles. The molecule has 0 spiro atoms. The molecule has 14 heavy (non-hydrogen) atoms. The van der Waals surface area contributed by atoms with Crippen molar-refractivity contribution in [1.82, 2.24) is 0 Å². The zero-order chi connectivity index (χ0) is 9.84. The second kappa shape index (κ2) is 6.32. The normalized spacial score (nSPS) is 12.0. The minimum absolute atomic E-state index is 0. The molecule has 5 heteroatoms. The van der Waals surface area contributed by atoms with Gasteiger partial charge >= 0.3 is 0 Å². The highest BCUT2D eigenvalue weighted by Gasteiger charge is 2.10. The van der Waals surface area contributed by atoms with E-state index in [1.165, 1.54) is 12.1 Å². The molecule has 0 aromatic heterocycles. The van der Waals surface area contributed by atoms with Crippen molar-refractivity contribution in [3.63, 3.8) is 0 Å². The van der Waals surface area contributed by atoms with Gasteiger partial charge in [0.25, 0.3) is 0 Å². The van der Waals surface area contributed by atoms with Crippen molar-refractivity contribution < 1.29 is 8.78 Å². The highest BCUT2D eigenvalue weighted by atomic mass is 79.9. The summed E-state index contributed by atoms with van der Waals surface area (Å²) in [5, 5.41) is 0. The van der Waals surface area contributed by atoms with E-state index < -0.39 is 12.7 Å². The third-order valence-corrected chi connectivity index (χ3v) is 2.50. The van der Waals surface area contributed by atoms with Crippen LogP contribution in [0.15, 0.2) is 22.7 Å². The first-order chi connectivity index (χ1) is 6.15. The van der Waals surface area contributed by atoms with Crippen molar-refractivity contribution in [3.8, 4) is 0 Å². The molecule has 0 aliphatic carbocycles. The Morgan fingerprint density at radius 1 is 1.43 bits per heavy atom. The standard InChI is InChI=1S/C9H10BrF2N.ClH/c10-8-2-1-6(12)5-7(8)9(13)3-4-11;/h1-2,5,9H,3-4,13H2;1H/t9-;/m1./s1. The molecule has 1 rings (SSSR count). The van der Waals surface area contributed by atoms with E-state index in [1.807, 2.05) is 0 Å². The Hall–Kier alpha value is -0.190. The molecule has 0 aliphatic heterocycles. The number of nitrogens with two attached hydrogens (primary N) is 1. The molecule has 80 valence electrons. The Labute approximate surface area is 96.2 Å². The minimum Gasteiger partial charge on any atom is -0.324 e. The van der Waals surface area contributed by atoms with Gasteiger partial charge in [0.1, 0.15) is 5.82 Å². The van der Waals surface area contributed by atoms with Crippen molar-refractivity contribution in [1.29, 1.82) is 0 Å². The van der Waals surface area contributed by atoms with Gasteiger partial charge in [-0.05, 0) is 30.2 Å². The SMILES string of the molecule is Cl.N[C@H](CCF)c1cc(F)ccc1Br. The molecule has 0 heterocycles. The van der Waals surface area contributed by atoms with Crippen LogP contribution in [0.25, 0.3) is 0 Å². The third kappa shape index (κ3) is 3.52. The van der Waals surface area contributed by atoms with Gasteiger partial charge in [0, 0.05) is 10.5 Å². The topological polar surface area (TPSA) is 26.0 Å². The molecule has 1 nitrogen and oxygen atoms in total. The van der Waals surface area contributed by atoms with E-state index in [9.17, 15) is 8.78 Å². The lowest BCUT2D eigenvalue weighted by atomic mass is 10.1. The predicted molar refractivity (Wildman–Crippen MR) is 58.9 cm³/mol. The van der Waals surface area contributed by atoms with E-state index in [1.54, 1.807) is 6.07 Å². The number of hydrogen-bond donors (Lipinski definition) is 1. The van der Waals surface area contributed by atoms with Gasteiger partial charge in [0.15, 0.2) is 0 Å². The highest BCUT2D eigenvalue weighted by Crippen LogP contribution is 2.24. The van der Waals surface area contributed by atoms with Crippen molar-refractivity contribution in [3.05, 3.63) is 34.1 Å². The molecule has 0 saturated carbocycles. The van der Waals surface area contributed by atoms with Crippen molar-refractivity contribution in [2.75, 3.05) is 6.67 Å². The molecular weight excluding hydrogens is 275 g/mol. The van der Waals surface area contributed by atoms with Gasteiger partial charge in [-0.1, -0.05) is 15.9 Å². The molecule has 0 amide bonds. The van der Waals surface area contributed by atoms with Crippen LogP contribution in [0.1, 0.15) is 18.0 Å². The number of benzene rings is 1. The zero-order valence-electron chi connectivity index (χ0n) is 7.34. The molecule has 0 radical (unpaired) electrons. The number of rotatable bonds is 3. The van der Waals surface area contributed by atoms with Crippen molar-refractivity contribution in [2.45, 2.75) is 12.5 Å². The van der Waals surface area contributed by atoms with Crippen LogP contribution >= 0.6 is 28.3 Å². The van der Waals surface area contributed by atoms with Crippen LogP contribution in [0.4, 0.5) is 8.78 Å². The maximum Gasteiger partial charge on any atom is 0.123 e.